The van der Waals surface area contributed by atoms with Crippen molar-refractivity contribution < 1.29 is 4.79 Å². The fraction of sp³-hybridized carbons (Fsp3) is 0.480. The summed E-state index contributed by atoms with van der Waals surface area (Å²) in [6, 6.07) is 16.5. The Labute approximate surface area is 168 Å². The number of hydrogen-bond donors (Lipinski definition) is 2. The minimum Gasteiger partial charge on any atom is -0.317 e. The smallest absolute Gasteiger partial charge is 0.193 e. The van der Waals surface area contributed by atoms with E-state index in [-0.39, 0.29) is 5.78 Å². The molecular formula is C25H32N2O. The molecule has 0 unspecified atom stereocenters. The minimum absolute atomic E-state index is 0.203. The molecule has 4 rings (SSSR count). The van der Waals surface area contributed by atoms with Crippen LogP contribution in [0.25, 0.3) is 0 Å². The lowest BCUT2D eigenvalue weighted by Gasteiger charge is -2.24. The Kier molecular flexibility index (Phi) is 6.56. The van der Waals surface area contributed by atoms with Crippen molar-refractivity contribution >= 4 is 5.78 Å². The zero-order valence-electron chi connectivity index (χ0n) is 16.8. The van der Waals surface area contributed by atoms with Crippen LogP contribution in [-0.4, -0.2) is 32.0 Å². The van der Waals surface area contributed by atoms with Crippen LogP contribution in [0.3, 0.4) is 0 Å². The van der Waals surface area contributed by atoms with Crippen LogP contribution in [0.1, 0.15) is 52.7 Å². The van der Waals surface area contributed by atoms with Crippen LogP contribution in [0.4, 0.5) is 0 Å². The lowest BCUT2D eigenvalue weighted by atomic mass is 9.84. The quantitative estimate of drug-likeness (QED) is 0.749. The van der Waals surface area contributed by atoms with Gasteiger partial charge in [0.25, 0.3) is 0 Å². The molecule has 0 spiro atoms. The molecule has 0 atom stereocenters. The van der Waals surface area contributed by atoms with Gasteiger partial charge in [-0.3, -0.25) is 4.79 Å². The van der Waals surface area contributed by atoms with Crippen LogP contribution in [0.5, 0.6) is 0 Å². The van der Waals surface area contributed by atoms with Gasteiger partial charge >= 0.3 is 0 Å². The van der Waals surface area contributed by atoms with E-state index in [1.54, 1.807) is 0 Å². The average Bonchev–Trinajstić information content (AvgIpc) is 2.76. The molecule has 3 nitrogen and oxygen atoms in total. The lowest BCUT2D eigenvalue weighted by Crippen LogP contribution is -2.29. The monoisotopic (exact) mass is 376 g/mol. The number of piperidine rings is 2. The van der Waals surface area contributed by atoms with E-state index in [1.165, 1.54) is 36.8 Å². The summed E-state index contributed by atoms with van der Waals surface area (Å²) >= 11 is 0. The first-order chi connectivity index (χ1) is 13.8. The van der Waals surface area contributed by atoms with Crippen LogP contribution < -0.4 is 10.6 Å². The van der Waals surface area contributed by atoms with Gasteiger partial charge in [0, 0.05) is 11.1 Å². The van der Waals surface area contributed by atoms with Crippen molar-refractivity contribution in [2.75, 3.05) is 26.2 Å². The van der Waals surface area contributed by atoms with Gasteiger partial charge in [0.2, 0.25) is 0 Å². The maximum Gasteiger partial charge on any atom is 0.193 e. The van der Waals surface area contributed by atoms with Gasteiger partial charge in [-0.05, 0) is 87.7 Å². The summed E-state index contributed by atoms with van der Waals surface area (Å²) in [4.78, 5) is 13.5. The van der Waals surface area contributed by atoms with E-state index in [1.807, 2.05) is 24.3 Å². The van der Waals surface area contributed by atoms with Crippen LogP contribution >= 0.6 is 0 Å². The maximum absolute atomic E-state index is 13.5. The van der Waals surface area contributed by atoms with Crippen molar-refractivity contribution in [2.45, 2.75) is 38.5 Å². The van der Waals surface area contributed by atoms with Crippen LogP contribution in [0, 0.1) is 11.8 Å². The van der Waals surface area contributed by atoms with Gasteiger partial charge in [-0.15, -0.1) is 0 Å². The second-order valence-electron chi connectivity index (χ2n) is 8.44. The van der Waals surface area contributed by atoms with Gasteiger partial charge in [0.15, 0.2) is 5.78 Å². The van der Waals surface area contributed by atoms with Gasteiger partial charge in [0.1, 0.15) is 0 Å². The molecule has 3 heteroatoms. The van der Waals surface area contributed by atoms with E-state index in [0.717, 1.165) is 50.1 Å². The molecule has 0 radical (unpaired) electrons. The Balaban J connectivity index is 1.56. The highest BCUT2D eigenvalue weighted by Gasteiger charge is 2.21. The molecule has 2 saturated heterocycles. The number of hydrogen-bond acceptors (Lipinski definition) is 3. The molecule has 28 heavy (non-hydrogen) atoms. The summed E-state index contributed by atoms with van der Waals surface area (Å²) in [5.41, 5.74) is 4.24. The molecule has 0 aromatic heterocycles. The Morgan fingerprint density at radius 1 is 0.679 bits per heavy atom. The summed E-state index contributed by atoms with van der Waals surface area (Å²) in [5, 5.41) is 6.88. The van der Waals surface area contributed by atoms with E-state index in [9.17, 15) is 4.79 Å². The number of rotatable bonds is 6. The van der Waals surface area contributed by atoms with E-state index in [4.69, 9.17) is 0 Å². The molecule has 2 N–H and O–H groups in total. The van der Waals surface area contributed by atoms with E-state index >= 15 is 0 Å². The van der Waals surface area contributed by atoms with Gasteiger partial charge in [-0.1, -0.05) is 48.5 Å². The van der Waals surface area contributed by atoms with Gasteiger partial charge in [-0.2, -0.15) is 0 Å². The average molecular weight is 377 g/mol. The molecule has 0 aliphatic carbocycles. The maximum atomic E-state index is 13.5. The first-order valence-corrected chi connectivity index (χ1v) is 10.9. The summed E-state index contributed by atoms with van der Waals surface area (Å²) < 4.78 is 0. The molecule has 2 aromatic carbocycles. The Morgan fingerprint density at radius 2 is 1.07 bits per heavy atom. The predicted octanol–water partition coefficient (Wildman–Crippen LogP) is 4.00. The van der Waals surface area contributed by atoms with Crippen molar-refractivity contribution in [1.82, 2.24) is 10.6 Å². The normalized spacial score (nSPS) is 18.9. The molecule has 2 heterocycles. The highest BCUT2D eigenvalue weighted by molar-refractivity contribution is 6.10. The van der Waals surface area contributed by atoms with E-state index < -0.39 is 0 Å². The van der Waals surface area contributed by atoms with Crippen molar-refractivity contribution in [3.63, 3.8) is 0 Å². The Hall–Kier alpha value is -1.97. The first-order valence-electron chi connectivity index (χ1n) is 10.9. The van der Waals surface area contributed by atoms with Crippen molar-refractivity contribution in [3.05, 3.63) is 70.8 Å². The zero-order chi connectivity index (χ0) is 19.2. The van der Waals surface area contributed by atoms with E-state index in [2.05, 4.69) is 34.9 Å². The molecular weight excluding hydrogens is 344 g/mol. The third kappa shape index (κ3) is 4.71. The second-order valence-corrected chi connectivity index (χ2v) is 8.44. The molecule has 148 valence electrons. The van der Waals surface area contributed by atoms with Crippen molar-refractivity contribution in [3.8, 4) is 0 Å². The number of carbonyl (C=O) groups excluding carboxylic acids is 1. The third-order valence-electron chi connectivity index (χ3n) is 6.46. The topological polar surface area (TPSA) is 41.1 Å². The highest BCUT2D eigenvalue weighted by atomic mass is 16.1. The van der Waals surface area contributed by atoms with Crippen molar-refractivity contribution in [1.29, 1.82) is 0 Å². The number of ketones is 1. The first kappa shape index (κ1) is 19.4. The fourth-order valence-corrected chi connectivity index (χ4v) is 4.78. The molecule has 0 bridgehead atoms. The highest BCUT2D eigenvalue weighted by Crippen LogP contribution is 2.26. The van der Waals surface area contributed by atoms with Gasteiger partial charge in [-0.25, -0.2) is 0 Å². The van der Waals surface area contributed by atoms with Crippen LogP contribution in [0.2, 0.25) is 0 Å². The Bertz CT molecular complexity index is 723. The summed E-state index contributed by atoms with van der Waals surface area (Å²) in [6.07, 6.45) is 6.84. The molecule has 2 aliphatic heterocycles. The van der Waals surface area contributed by atoms with Gasteiger partial charge < -0.3 is 10.6 Å². The van der Waals surface area contributed by atoms with Crippen LogP contribution in [0.15, 0.2) is 48.5 Å². The van der Waals surface area contributed by atoms with Gasteiger partial charge in [0.05, 0.1) is 0 Å². The van der Waals surface area contributed by atoms with E-state index in [0.29, 0.717) is 11.8 Å². The summed E-state index contributed by atoms with van der Waals surface area (Å²) in [5.74, 6) is 1.56. The largest absolute Gasteiger partial charge is 0.317 e. The molecule has 2 aromatic rings. The fourth-order valence-electron chi connectivity index (χ4n) is 4.78. The molecule has 2 aliphatic rings. The van der Waals surface area contributed by atoms with Crippen LogP contribution in [-0.2, 0) is 12.8 Å². The lowest BCUT2D eigenvalue weighted by molar-refractivity contribution is 0.103. The second kappa shape index (κ2) is 9.49. The predicted molar refractivity (Wildman–Crippen MR) is 115 cm³/mol. The summed E-state index contributed by atoms with van der Waals surface area (Å²) in [6.45, 7) is 4.39. The number of carbonyl (C=O) groups is 1. The van der Waals surface area contributed by atoms with Crippen molar-refractivity contribution in [2.24, 2.45) is 11.8 Å². The molecule has 0 amide bonds. The standard InChI is InChI=1S/C25H32N2O/c28-25(23-7-3-1-5-21(23)17-19-9-13-26-14-10-19)24-8-4-2-6-22(24)18-20-11-15-27-16-12-20/h1-8,19-20,26-27H,9-18H2. The Morgan fingerprint density at radius 3 is 1.50 bits per heavy atom. The SMILES string of the molecule is O=C(c1ccccc1CC1CCNCC1)c1ccccc1CC1CCNCC1. The summed E-state index contributed by atoms with van der Waals surface area (Å²) in [7, 11) is 0. The molecule has 2 fully saturated rings. The number of nitrogens with one attached hydrogen (secondary N) is 2. The number of benzene rings is 2. The third-order valence-corrected chi connectivity index (χ3v) is 6.46. The minimum atomic E-state index is 0.203. The molecule has 0 saturated carbocycles. The zero-order valence-corrected chi connectivity index (χ0v) is 16.8.